The Kier molecular flexibility index (Phi) is 4.16. The molecule has 0 radical (unpaired) electrons. The minimum Gasteiger partial charge on any atom is -0.348 e. The maximum absolute atomic E-state index is 12.6. The molecule has 0 fully saturated rings. The average molecular weight is 349 g/mol. The van der Waals surface area contributed by atoms with Crippen LogP contribution in [0.15, 0.2) is 54.7 Å². The van der Waals surface area contributed by atoms with Crippen LogP contribution in [-0.2, 0) is 17.8 Å². The van der Waals surface area contributed by atoms with E-state index in [1.807, 2.05) is 18.2 Å². The molecule has 4 rings (SSSR count). The lowest BCUT2D eigenvalue weighted by atomic mass is 9.88. The molecule has 132 valence electrons. The molecule has 1 aliphatic carbocycles. The number of non-ortho nitro benzene ring substituents is 1. The molecule has 1 heterocycles. The monoisotopic (exact) mass is 349 g/mol. The molecule has 26 heavy (non-hydrogen) atoms. The van der Waals surface area contributed by atoms with Crippen molar-refractivity contribution in [3.05, 3.63) is 76.0 Å². The Balaban J connectivity index is 1.53. The maximum Gasteiger partial charge on any atom is 0.271 e. The lowest BCUT2D eigenvalue weighted by Crippen LogP contribution is -2.33. The van der Waals surface area contributed by atoms with E-state index in [2.05, 4.69) is 17.4 Å². The van der Waals surface area contributed by atoms with Gasteiger partial charge in [0.05, 0.1) is 16.5 Å². The van der Waals surface area contributed by atoms with E-state index in [-0.39, 0.29) is 24.2 Å². The number of nitrogens with one attached hydrogen (secondary N) is 1. The summed E-state index contributed by atoms with van der Waals surface area (Å²) in [6.45, 7) is 0.142. The highest BCUT2D eigenvalue weighted by Crippen LogP contribution is 2.29. The Hall–Kier alpha value is -3.15. The minimum absolute atomic E-state index is 0.0269. The molecule has 1 aromatic heterocycles. The van der Waals surface area contributed by atoms with Gasteiger partial charge >= 0.3 is 0 Å². The van der Waals surface area contributed by atoms with E-state index in [9.17, 15) is 14.9 Å². The van der Waals surface area contributed by atoms with Gasteiger partial charge in [-0.05, 0) is 42.5 Å². The van der Waals surface area contributed by atoms with Crippen molar-refractivity contribution in [3.8, 4) is 0 Å². The second kappa shape index (κ2) is 6.63. The van der Waals surface area contributed by atoms with Gasteiger partial charge in [-0.3, -0.25) is 14.9 Å². The largest absolute Gasteiger partial charge is 0.348 e. The molecule has 1 atom stereocenters. The third kappa shape index (κ3) is 3.06. The number of carbonyl (C=O) groups is 1. The molecular weight excluding hydrogens is 330 g/mol. The van der Waals surface area contributed by atoms with E-state index in [1.54, 1.807) is 16.8 Å². The number of aryl methyl sites for hydroxylation is 1. The number of hydrogen-bond donors (Lipinski definition) is 1. The van der Waals surface area contributed by atoms with Crippen molar-refractivity contribution in [2.75, 3.05) is 0 Å². The van der Waals surface area contributed by atoms with E-state index in [0.717, 1.165) is 24.6 Å². The average Bonchev–Trinajstić information content (AvgIpc) is 3.04. The van der Waals surface area contributed by atoms with Gasteiger partial charge in [-0.2, -0.15) is 0 Å². The van der Waals surface area contributed by atoms with Gasteiger partial charge in [0.15, 0.2) is 0 Å². The van der Waals surface area contributed by atoms with Crippen molar-refractivity contribution in [1.29, 1.82) is 0 Å². The molecule has 0 saturated heterocycles. The molecule has 0 bridgehead atoms. The van der Waals surface area contributed by atoms with Gasteiger partial charge in [0.25, 0.3) is 5.69 Å². The highest BCUT2D eigenvalue weighted by Gasteiger charge is 2.21. The van der Waals surface area contributed by atoms with E-state index in [0.29, 0.717) is 5.52 Å². The standard InChI is InChI=1S/C20H19N3O3/c24-20(21-18-7-3-5-14-4-1-2-6-17(14)18)13-22-11-10-15-8-9-16(23(25)26)12-19(15)22/h1-2,4,6,8-12,18H,3,5,7,13H2,(H,21,24). The normalized spacial score (nSPS) is 16.2. The fourth-order valence-corrected chi connectivity index (χ4v) is 3.72. The maximum atomic E-state index is 12.6. The molecule has 3 aromatic rings. The first-order valence-corrected chi connectivity index (χ1v) is 8.72. The number of aromatic nitrogens is 1. The zero-order chi connectivity index (χ0) is 18.1. The highest BCUT2D eigenvalue weighted by molar-refractivity contribution is 5.85. The first-order valence-electron chi connectivity index (χ1n) is 8.72. The predicted molar refractivity (Wildman–Crippen MR) is 98.9 cm³/mol. The van der Waals surface area contributed by atoms with Crippen LogP contribution >= 0.6 is 0 Å². The summed E-state index contributed by atoms with van der Waals surface area (Å²) in [5.41, 5.74) is 3.21. The van der Waals surface area contributed by atoms with Gasteiger partial charge in [0.2, 0.25) is 5.91 Å². The van der Waals surface area contributed by atoms with Crippen LogP contribution in [0.25, 0.3) is 10.9 Å². The van der Waals surface area contributed by atoms with Crippen LogP contribution in [0.5, 0.6) is 0 Å². The predicted octanol–water partition coefficient (Wildman–Crippen LogP) is 3.74. The Labute approximate surface area is 150 Å². The molecule has 1 N–H and O–H groups in total. The molecule has 0 saturated carbocycles. The molecule has 1 unspecified atom stereocenters. The molecule has 6 nitrogen and oxygen atoms in total. The fraction of sp³-hybridized carbons (Fsp3) is 0.250. The number of carbonyl (C=O) groups excluding carboxylic acids is 1. The smallest absolute Gasteiger partial charge is 0.271 e. The van der Waals surface area contributed by atoms with Gasteiger partial charge in [-0.25, -0.2) is 0 Å². The van der Waals surface area contributed by atoms with Gasteiger partial charge in [-0.1, -0.05) is 24.3 Å². The minimum atomic E-state index is -0.421. The van der Waals surface area contributed by atoms with E-state index < -0.39 is 4.92 Å². The summed E-state index contributed by atoms with van der Waals surface area (Å²) in [6.07, 6.45) is 4.83. The Morgan fingerprint density at radius 3 is 2.92 bits per heavy atom. The molecule has 1 amide bonds. The summed E-state index contributed by atoms with van der Waals surface area (Å²) in [7, 11) is 0. The van der Waals surface area contributed by atoms with Crippen LogP contribution in [0.1, 0.15) is 30.0 Å². The van der Waals surface area contributed by atoms with Gasteiger partial charge in [0, 0.05) is 23.7 Å². The van der Waals surface area contributed by atoms with Crippen molar-refractivity contribution in [3.63, 3.8) is 0 Å². The van der Waals surface area contributed by atoms with Crippen LogP contribution in [0.2, 0.25) is 0 Å². The number of nitro groups is 1. The summed E-state index contributed by atoms with van der Waals surface area (Å²) in [5, 5.41) is 15.0. The van der Waals surface area contributed by atoms with Crippen molar-refractivity contribution in [2.45, 2.75) is 31.8 Å². The number of rotatable bonds is 4. The quantitative estimate of drug-likeness (QED) is 0.576. The second-order valence-electron chi connectivity index (χ2n) is 6.66. The first-order chi connectivity index (χ1) is 12.6. The Morgan fingerprint density at radius 2 is 2.08 bits per heavy atom. The zero-order valence-electron chi connectivity index (χ0n) is 14.2. The number of fused-ring (bicyclic) bond motifs is 2. The van der Waals surface area contributed by atoms with E-state index in [4.69, 9.17) is 0 Å². The second-order valence-corrected chi connectivity index (χ2v) is 6.66. The molecule has 0 spiro atoms. The number of hydrogen-bond acceptors (Lipinski definition) is 3. The fourth-order valence-electron chi connectivity index (χ4n) is 3.72. The first kappa shape index (κ1) is 16.3. The van der Waals surface area contributed by atoms with Crippen LogP contribution in [0, 0.1) is 10.1 Å². The van der Waals surface area contributed by atoms with Crippen LogP contribution in [-0.4, -0.2) is 15.4 Å². The lowest BCUT2D eigenvalue weighted by Gasteiger charge is -2.26. The Morgan fingerprint density at radius 1 is 1.23 bits per heavy atom. The molecular formula is C20H19N3O3. The summed E-state index contributed by atoms with van der Waals surface area (Å²) in [4.78, 5) is 23.2. The molecule has 1 aliphatic rings. The van der Waals surface area contributed by atoms with E-state index >= 15 is 0 Å². The van der Waals surface area contributed by atoms with E-state index in [1.165, 1.54) is 23.3 Å². The number of nitrogens with zero attached hydrogens (tertiary/aromatic N) is 2. The van der Waals surface area contributed by atoms with Gasteiger partial charge in [0.1, 0.15) is 6.54 Å². The van der Waals surface area contributed by atoms with Crippen molar-refractivity contribution < 1.29 is 9.72 Å². The van der Waals surface area contributed by atoms with Crippen LogP contribution in [0.3, 0.4) is 0 Å². The summed E-state index contributed by atoms with van der Waals surface area (Å²) >= 11 is 0. The van der Waals surface area contributed by atoms with Crippen molar-refractivity contribution in [2.24, 2.45) is 0 Å². The van der Waals surface area contributed by atoms with Crippen LogP contribution in [0.4, 0.5) is 5.69 Å². The third-order valence-corrected chi connectivity index (χ3v) is 4.99. The highest BCUT2D eigenvalue weighted by atomic mass is 16.6. The number of amides is 1. The van der Waals surface area contributed by atoms with Crippen molar-refractivity contribution in [1.82, 2.24) is 9.88 Å². The molecule has 2 aromatic carbocycles. The summed E-state index contributed by atoms with van der Waals surface area (Å²) in [5.74, 6) is -0.0873. The van der Waals surface area contributed by atoms with Crippen LogP contribution < -0.4 is 5.32 Å². The third-order valence-electron chi connectivity index (χ3n) is 4.99. The molecule has 6 heteroatoms. The van der Waals surface area contributed by atoms with Gasteiger partial charge in [-0.15, -0.1) is 0 Å². The SMILES string of the molecule is O=C(Cn1ccc2ccc([N+](=O)[O-])cc21)NC1CCCc2ccccc21. The number of benzene rings is 2. The summed E-state index contributed by atoms with van der Waals surface area (Å²) < 4.78 is 1.76. The zero-order valence-corrected chi connectivity index (χ0v) is 14.2. The van der Waals surface area contributed by atoms with Crippen molar-refractivity contribution >= 4 is 22.5 Å². The lowest BCUT2D eigenvalue weighted by molar-refractivity contribution is -0.384. The topological polar surface area (TPSA) is 77.2 Å². The Bertz CT molecular complexity index is 993. The molecule has 0 aliphatic heterocycles. The number of nitro benzene ring substituents is 1. The van der Waals surface area contributed by atoms with Gasteiger partial charge < -0.3 is 9.88 Å². The summed E-state index contributed by atoms with van der Waals surface area (Å²) in [6, 6.07) is 14.8.